The van der Waals surface area contributed by atoms with E-state index in [-0.39, 0.29) is 16.8 Å². The van der Waals surface area contributed by atoms with Crippen LogP contribution in [0.3, 0.4) is 0 Å². The summed E-state index contributed by atoms with van der Waals surface area (Å²) in [6.45, 7) is 5.16. The van der Waals surface area contributed by atoms with E-state index in [9.17, 15) is 14.7 Å². The largest absolute Gasteiger partial charge is 0.478 e. The highest BCUT2D eigenvalue weighted by molar-refractivity contribution is 6.08. The summed E-state index contributed by atoms with van der Waals surface area (Å²) >= 11 is 0. The molecule has 2 N–H and O–H groups in total. The van der Waals surface area contributed by atoms with Gasteiger partial charge in [-0.3, -0.25) is 4.79 Å². The Morgan fingerprint density at radius 1 is 1.20 bits per heavy atom. The van der Waals surface area contributed by atoms with Crippen LogP contribution in [0.4, 0.5) is 5.69 Å². The van der Waals surface area contributed by atoms with Crippen molar-refractivity contribution in [1.82, 2.24) is 5.16 Å². The first-order valence-electron chi connectivity index (χ1n) is 5.97. The zero-order valence-corrected chi connectivity index (χ0v) is 11.4. The predicted octanol–water partition coefficient (Wildman–Crippen LogP) is 2.55. The average molecular weight is 274 g/mol. The van der Waals surface area contributed by atoms with Crippen LogP contribution in [0.15, 0.2) is 22.9 Å². The number of carbonyl (C=O) groups is 2. The summed E-state index contributed by atoms with van der Waals surface area (Å²) < 4.78 is 4.82. The minimum Gasteiger partial charge on any atom is -0.478 e. The van der Waals surface area contributed by atoms with Crippen LogP contribution in [0.25, 0.3) is 0 Å². The summed E-state index contributed by atoms with van der Waals surface area (Å²) in [5.41, 5.74) is 2.13. The number of aromatic carboxylic acids is 1. The molecule has 0 saturated carbocycles. The second kappa shape index (κ2) is 5.16. The third-order valence-corrected chi connectivity index (χ3v) is 2.94. The number of aryl methyl sites for hydroxylation is 3. The Morgan fingerprint density at radius 3 is 2.45 bits per heavy atom. The Morgan fingerprint density at radius 2 is 1.90 bits per heavy atom. The maximum atomic E-state index is 12.1. The smallest absolute Gasteiger partial charge is 0.337 e. The number of aromatic nitrogens is 1. The highest BCUT2D eigenvalue weighted by Gasteiger charge is 2.19. The average Bonchev–Trinajstić information content (AvgIpc) is 2.78. The number of nitrogens with one attached hydrogen (secondary N) is 1. The Hall–Kier alpha value is -2.63. The van der Waals surface area contributed by atoms with E-state index < -0.39 is 11.9 Å². The van der Waals surface area contributed by atoms with Crippen LogP contribution < -0.4 is 5.32 Å². The van der Waals surface area contributed by atoms with Crippen molar-refractivity contribution in [2.24, 2.45) is 0 Å². The molecule has 6 heteroatoms. The Balaban J connectivity index is 2.41. The maximum absolute atomic E-state index is 12.1. The fraction of sp³-hybridized carbons (Fsp3) is 0.214. The molecule has 1 aromatic carbocycles. The molecule has 0 fully saturated rings. The quantitative estimate of drug-likeness (QED) is 0.897. The number of anilines is 1. The molecule has 20 heavy (non-hydrogen) atoms. The van der Waals surface area contributed by atoms with E-state index in [2.05, 4.69) is 10.5 Å². The van der Waals surface area contributed by atoms with E-state index in [1.54, 1.807) is 20.8 Å². The van der Waals surface area contributed by atoms with E-state index in [1.807, 2.05) is 6.07 Å². The lowest BCUT2D eigenvalue weighted by Gasteiger charge is -2.12. The van der Waals surface area contributed by atoms with Crippen LogP contribution in [0.2, 0.25) is 0 Å². The summed E-state index contributed by atoms with van der Waals surface area (Å²) in [7, 11) is 0. The van der Waals surface area contributed by atoms with Crippen molar-refractivity contribution >= 4 is 17.6 Å². The number of amides is 1. The lowest BCUT2D eigenvalue weighted by molar-refractivity contribution is 0.0698. The second-order valence-electron chi connectivity index (χ2n) is 4.56. The van der Waals surface area contributed by atoms with Crippen LogP contribution >= 0.6 is 0 Å². The van der Waals surface area contributed by atoms with Gasteiger partial charge in [0.05, 0.1) is 17.4 Å². The van der Waals surface area contributed by atoms with Crippen molar-refractivity contribution in [2.75, 3.05) is 5.32 Å². The van der Waals surface area contributed by atoms with Crippen molar-refractivity contribution in [1.29, 1.82) is 0 Å². The van der Waals surface area contributed by atoms with Crippen LogP contribution in [-0.4, -0.2) is 22.1 Å². The summed E-state index contributed by atoms with van der Waals surface area (Å²) in [6.07, 6.45) is 1.30. The molecule has 6 nitrogen and oxygen atoms in total. The molecule has 0 aliphatic rings. The monoisotopic (exact) mass is 274 g/mol. The number of nitrogens with zero attached hydrogens (tertiary/aromatic N) is 1. The van der Waals surface area contributed by atoms with Gasteiger partial charge in [-0.1, -0.05) is 11.2 Å². The van der Waals surface area contributed by atoms with E-state index in [4.69, 9.17) is 4.52 Å². The minimum atomic E-state index is -1.09. The molecule has 1 amide bonds. The van der Waals surface area contributed by atoms with Gasteiger partial charge in [-0.2, -0.15) is 0 Å². The number of rotatable bonds is 3. The predicted molar refractivity (Wildman–Crippen MR) is 72.1 cm³/mol. The number of hydrogen-bond acceptors (Lipinski definition) is 4. The van der Waals surface area contributed by atoms with Gasteiger partial charge >= 0.3 is 5.97 Å². The lowest BCUT2D eigenvalue weighted by Crippen LogP contribution is -2.16. The number of hydrogen-bond donors (Lipinski definition) is 2. The fourth-order valence-corrected chi connectivity index (χ4v) is 2.00. The van der Waals surface area contributed by atoms with Crippen molar-refractivity contribution < 1.29 is 19.2 Å². The molecule has 1 heterocycles. The van der Waals surface area contributed by atoms with Crippen LogP contribution in [0.5, 0.6) is 0 Å². The van der Waals surface area contributed by atoms with Gasteiger partial charge in [-0.05, 0) is 38.0 Å². The van der Waals surface area contributed by atoms with Gasteiger partial charge in [-0.25, -0.2) is 4.79 Å². The first-order valence-corrected chi connectivity index (χ1v) is 5.97. The molecule has 0 atom stereocenters. The van der Waals surface area contributed by atoms with E-state index in [0.717, 1.165) is 5.56 Å². The highest BCUT2D eigenvalue weighted by atomic mass is 16.5. The lowest BCUT2D eigenvalue weighted by atomic mass is 10.0. The molecule has 0 spiro atoms. The Labute approximate surface area is 115 Å². The second-order valence-corrected chi connectivity index (χ2v) is 4.56. The standard InChI is InChI=1S/C14H14N2O4/c1-7-4-8(2)12(10(5-7)14(18)19)16-13(17)11-6-15-20-9(11)3/h4-6H,1-3H3,(H,16,17)(H,18,19). The number of benzene rings is 1. The van der Waals surface area contributed by atoms with Crippen LogP contribution in [0.1, 0.15) is 37.6 Å². The zero-order chi connectivity index (χ0) is 14.9. The SMILES string of the molecule is Cc1cc(C)c(NC(=O)c2cnoc2C)c(C(=O)O)c1. The molecule has 0 bridgehead atoms. The number of carboxylic acid groups (broad SMARTS) is 1. The molecule has 2 aromatic rings. The molecule has 0 radical (unpaired) electrons. The summed E-state index contributed by atoms with van der Waals surface area (Å²) in [5.74, 6) is -1.16. The first kappa shape index (κ1) is 13.8. The van der Waals surface area contributed by atoms with Gasteiger partial charge in [-0.15, -0.1) is 0 Å². The van der Waals surface area contributed by atoms with E-state index >= 15 is 0 Å². The molecular weight excluding hydrogens is 260 g/mol. The first-order chi connectivity index (χ1) is 9.40. The topological polar surface area (TPSA) is 92.4 Å². The summed E-state index contributed by atoms with van der Waals surface area (Å²) in [6, 6.07) is 3.33. The fourth-order valence-electron chi connectivity index (χ4n) is 2.00. The highest BCUT2D eigenvalue weighted by Crippen LogP contribution is 2.24. The van der Waals surface area contributed by atoms with Gasteiger partial charge in [0.1, 0.15) is 11.3 Å². The van der Waals surface area contributed by atoms with Crippen LogP contribution in [-0.2, 0) is 0 Å². The van der Waals surface area contributed by atoms with E-state index in [0.29, 0.717) is 11.3 Å². The minimum absolute atomic E-state index is 0.0601. The van der Waals surface area contributed by atoms with Crippen molar-refractivity contribution in [3.63, 3.8) is 0 Å². The van der Waals surface area contributed by atoms with Gasteiger partial charge in [0.2, 0.25) is 0 Å². The van der Waals surface area contributed by atoms with Crippen molar-refractivity contribution in [3.05, 3.63) is 46.3 Å². The summed E-state index contributed by atoms with van der Waals surface area (Å²) in [4.78, 5) is 23.4. The molecule has 2 rings (SSSR count). The number of carbonyl (C=O) groups excluding carboxylic acids is 1. The molecule has 1 aromatic heterocycles. The molecule has 0 aliphatic carbocycles. The molecule has 0 aliphatic heterocycles. The van der Waals surface area contributed by atoms with Crippen LogP contribution in [0, 0.1) is 20.8 Å². The maximum Gasteiger partial charge on any atom is 0.337 e. The Bertz CT molecular complexity index is 688. The number of carboxylic acids is 1. The molecule has 0 unspecified atom stereocenters. The van der Waals surface area contributed by atoms with Crippen molar-refractivity contribution in [2.45, 2.75) is 20.8 Å². The Kier molecular flexibility index (Phi) is 3.56. The van der Waals surface area contributed by atoms with Gasteiger partial charge in [0, 0.05) is 0 Å². The molecule has 0 saturated heterocycles. The van der Waals surface area contributed by atoms with E-state index in [1.165, 1.54) is 12.3 Å². The van der Waals surface area contributed by atoms with Gasteiger partial charge in [0.15, 0.2) is 0 Å². The zero-order valence-electron chi connectivity index (χ0n) is 11.4. The third kappa shape index (κ3) is 2.54. The molecule has 104 valence electrons. The summed E-state index contributed by atoms with van der Waals surface area (Å²) in [5, 5.41) is 15.4. The normalized spacial score (nSPS) is 10.3. The van der Waals surface area contributed by atoms with Gasteiger partial charge < -0.3 is 14.9 Å². The third-order valence-electron chi connectivity index (χ3n) is 2.94. The van der Waals surface area contributed by atoms with Gasteiger partial charge in [0.25, 0.3) is 5.91 Å². The van der Waals surface area contributed by atoms with Crippen molar-refractivity contribution in [3.8, 4) is 0 Å². The molecular formula is C14H14N2O4.